The Kier molecular flexibility index (Phi) is 5.19. The summed E-state index contributed by atoms with van der Waals surface area (Å²) in [6.07, 6.45) is 0.397. The van der Waals surface area contributed by atoms with E-state index in [-0.39, 0.29) is 5.91 Å². The monoisotopic (exact) mass is 335 g/mol. The molecule has 130 valence electrons. The number of rotatable bonds is 6. The first-order valence-electron chi connectivity index (χ1n) is 8.58. The number of hydrogen-bond acceptors (Lipinski definition) is 2. The van der Waals surface area contributed by atoms with Crippen LogP contribution >= 0.6 is 0 Å². The molecule has 4 heteroatoms. The third kappa shape index (κ3) is 4.28. The van der Waals surface area contributed by atoms with Crippen LogP contribution < -0.4 is 5.32 Å². The Bertz CT molecular complexity index is 862. The molecule has 0 bridgehead atoms. The molecule has 0 aliphatic rings. The summed E-state index contributed by atoms with van der Waals surface area (Å²) in [6.45, 7) is 3.50. The lowest BCUT2D eigenvalue weighted by atomic mass is 10.1. The molecule has 1 heterocycles. The minimum atomic E-state index is 0.0465. The number of carbonyl (C=O) groups excluding carboxylic acids is 1. The van der Waals surface area contributed by atoms with Gasteiger partial charge in [0.2, 0.25) is 5.91 Å². The van der Waals surface area contributed by atoms with Gasteiger partial charge in [0.1, 0.15) is 0 Å². The van der Waals surface area contributed by atoms with Crippen LogP contribution in [-0.4, -0.2) is 29.9 Å². The molecule has 1 amide bonds. The maximum atomic E-state index is 12.4. The lowest BCUT2D eigenvalue weighted by Gasteiger charge is -2.10. The van der Waals surface area contributed by atoms with Crippen molar-refractivity contribution in [2.45, 2.75) is 26.4 Å². The largest absolute Gasteiger partial charge is 0.358 e. The van der Waals surface area contributed by atoms with Crippen LogP contribution in [0.25, 0.3) is 10.9 Å². The third-order valence-electron chi connectivity index (χ3n) is 4.38. The van der Waals surface area contributed by atoms with Gasteiger partial charge in [-0.3, -0.25) is 4.79 Å². The second-order valence-electron chi connectivity index (χ2n) is 6.78. The van der Waals surface area contributed by atoms with Crippen LogP contribution in [0.1, 0.15) is 22.4 Å². The minimum Gasteiger partial charge on any atom is -0.358 e. The van der Waals surface area contributed by atoms with Gasteiger partial charge in [0.05, 0.1) is 6.42 Å². The number of para-hydroxylation sites is 1. The van der Waals surface area contributed by atoms with E-state index in [9.17, 15) is 4.79 Å². The first-order chi connectivity index (χ1) is 12.0. The van der Waals surface area contributed by atoms with Gasteiger partial charge >= 0.3 is 0 Å². The lowest BCUT2D eigenvalue weighted by molar-refractivity contribution is -0.120. The van der Waals surface area contributed by atoms with Crippen LogP contribution in [0, 0.1) is 6.92 Å². The highest BCUT2D eigenvalue weighted by Gasteiger charge is 2.12. The van der Waals surface area contributed by atoms with E-state index >= 15 is 0 Å². The number of aromatic nitrogens is 1. The number of nitrogens with zero attached hydrogens (tertiary/aromatic N) is 1. The molecule has 3 aromatic rings. The van der Waals surface area contributed by atoms with Crippen molar-refractivity contribution in [2.24, 2.45) is 0 Å². The van der Waals surface area contributed by atoms with E-state index in [4.69, 9.17) is 0 Å². The van der Waals surface area contributed by atoms with Crippen LogP contribution in [0.2, 0.25) is 0 Å². The van der Waals surface area contributed by atoms with Gasteiger partial charge in [0.15, 0.2) is 0 Å². The van der Waals surface area contributed by atoms with Gasteiger partial charge in [-0.1, -0.05) is 42.5 Å². The van der Waals surface area contributed by atoms with Gasteiger partial charge in [-0.25, -0.2) is 0 Å². The van der Waals surface area contributed by atoms with Crippen LogP contribution in [0.4, 0.5) is 0 Å². The van der Waals surface area contributed by atoms with E-state index < -0.39 is 0 Å². The zero-order valence-corrected chi connectivity index (χ0v) is 15.1. The molecule has 3 rings (SSSR count). The van der Waals surface area contributed by atoms with Crippen molar-refractivity contribution in [3.8, 4) is 0 Å². The number of aryl methyl sites for hydroxylation is 1. The Morgan fingerprint density at radius 2 is 1.72 bits per heavy atom. The molecule has 0 aliphatic carbocycles. The fourth-order valence-electron chi connectivity index (χ4n) is 3.11. The van der Waals surface area contributed by atoms with Crippen molar-refractivity contribution < 1.29 is 4.79 Å². The molecule has 0 atom stereocenters. The Labute approximate surface area is 148 Å². The third-order valence-corrected chi connectivity index (χ3v) is 4.38. The summed E-state index contributed by atoms with van der Waals surface area (Å²) in [4.78, 5) is 17.8. The van der Waals surface area contributed by atoms with E-state index in [2.05, 4.69) is 59.6 Å². The van der Waals surface area contributed by atoms with Gasteiger partial charge in [-0.15, -0.1) is 0 Å². The van der Waals surface area contributed by atoms with Crippen LogP contribution in [0.15, 0.2) is 48.5 Å². The number of aromatic amines is 1. The zero-order chi connectivity index (χ0) is 17.8. The van der Waals surface area contributed by atoms with E-state index in [1.807, 2.05) is 25.1 Å². The number of nitrogens with one attached hydrogen (secondary N) is 2. The average Bonchev–Trinajstić information content (AvgIpc) is 2.89. The molecule has 0 saturated heterocycles. The number of amides is 1. The van der Waals surface area contributed by atoms with Crippen molar-refractivity contribution in [1.82, 2.24) is 15.2 Å². The lowest BCUT2D eigenvalue weighted by Crippen LogP contribution is -2.24. The number of hydrogen-bond donors (Lipinski definition) is 2. The van der Waals surface area contributed by atoms with E-state index in [0.717, 1.165) is 34.3 Å². The molecule has 1 aromatic heterocycles. The Hall–Kier alpha value is -2.59. The van der Waals surface area contributed by atoms with Gasteiger partial charge in [0, 0.05) is 29.7 Å². The second kappa shape index (κ2) is 7.53. The summed E-state index contributed by atoms with van der Waals surface area (Å²) in [5.41, 5.74) is 5.61. The molecule has 2 N–H and O–H groups in total. The summed E-state index contributed by atoms with van der Waals surface area (Å²) >= 11 is 0. The van der Waals surface area contributed by atoms with Gasteiger partial charge in [-0.05, 0) is 43.8 Å². The average molecular weight is 335 g/mol. The minimum absolute atomic E-state index is 0.0465. The SMILES string of the molecule is Cc1[nH]c2ccccc2c1CC(=O)NCc1ccc(CN(C)C)cc1. The predicted octanol–water partition coefficient (Wildman–Crippen LogP) is 3.40. The van der Waals surface area contributed by atoms with Crippen molar-refractivity contribution in [1.29, 1.82) is 0 Å². The molecular formula is C21H25N3O. The van der Waals surface area contributed by atoms with E-state index in [0.29, 0.717) is 13.0 Å². The summed E-state index contributed by atoms with van der Waals surface area (Å²) in [5.74, 6) is 0.0465. The molecule has 4 nitrogen and oxygen atoms in total. The van der Waals surface area contributed by atoms with Crippen molar-refractivity contribution in [3.05, 3.63) is 70.9 Å². The molecule has 2 aromatic carbocycles. The highest BCUT2D eigenvalue weighted by molar-refractivity contribution is 5.90. The molecule has 0 fully saturated rings. The van der Waals surface area contributed by atoms with Crippen LogP contribution in [-0.2, 0) is 24.3 Å². The number of carbonyl (C=O) groups is 1. The van der Waals surface area contributed by atoms with Crippen LogP contribution in [0.5, 0.6) is 0 Å². The van der Waals surface area contributed by atoms with Gasteiger partial charge < -0.3 is 15.2 Å². The highest BCUT2D eigenvalue weighted by atomic mass is 16.1. The summed E-state index contributed by atoms with van der Waals surface area (Å²) in [5, 5.41) is 4.15. The van der Waals surface area contributed by atoms with Crippen LogP contribution in [0.3, 0.4) is 0 Å². The second-order valence-corrected chi connectivity index (χ2v) is 6.78. The van der Waals surface area contributed by atoms with Gasteiger partial charge in [0.25, 0.3) is 0 Å². The van der Waals surface area contributed by atoms with Crippen molar-refractivity contribution in [3.63, 3.8) is 0 Å². The summed E-state index contributed by atoms with van der Waals surface area (Å²) in [6, 6.07) is 16.5. The highest BCUT2D eigenvalue weighted by Crippen LogP contribution is 2.22. The maximum Gasteiger partial charge on any atom is 0.224 e. The summed E-state index contributed by atoms with van der Waals surface area (Å²) < 4.78 is 0. The number of benzene rings is 2. The Balaban J connectivity index is 1.60. The Morgan fingerprint density at radius 1 is 1.04 bits per heavy atom. The molecule has 0 spiro atoms. The quantitative estimate of drug-likeness (QED) is 0.725. The van der Waals surface area contributed by atoms with Gasteiger partial charge in [-0.2, -0.15) is 0 Å². The zero-order valence-electron chi connectivity index (χ0n) is 15.1. The normalized spacial score (nSPS) is 11.2. The predicted molar refractivity (Wildman–Crippen MR) is 102 cm³/mol. The summed E-state index contributed by atoms with van der Waals surface area (Å²) in [7, 11) is 4.11. The molecule has 0 unspecified atom stereocenters. The molecule has 25 heavy (non-hydrogen) atoms. The van der Waals surface area contributed by atoms with Crippen molar-refractivity contribution >= 4 is 16.8 Å². The number of H-pyrrole nitrogens is 1. The maximum absolute atomic E-state index is 12.4. The fourth-order valence-corrected chi connectivity index (χ4v) is 3.11. The Morgan fingerprint density at radius 3 is 2.44 bits per heavy atom. The molecule has 0 radical (unpaired) electrons. The first kappa shape index (κ1) is 17.2. The van der Waals surface area contributed by atoms with E-state index in [1.54, 1.807) is 0 Å². The number of fused-ring (bicyclic) bond motifs is 1. The van der Waals surface area contributed by atoms with Crippen molar-refractivity contribution in [2.75, 3.05) is 14.1 Å². The molecular weight excluding hydrogens is 310 g/mol. The molecule has 0 saturated carbocycles. The molecule has 0 aliphatic heterocycles. The fraction of sp³-hybridized carbons (Fsp3) is 0.286. The smallest absolute Gasteiger partial charge is 0.224 e. The topological polar surface area (TPSA) is 48.1 Å². The standard InChI is InChI=1S/C21H25N3O/c1-15-19(18-6-4-5-7-20(18)23-15)12-21(25)22-13-16-8-10-17(11-9-16)14-24(2)3/h4-11,23H,12-14H2,1-3H3,(H,22,25). The first-order valence-corrected chi connectivity index (χ1v) is 8.58. The van der Waals surface area contributed by atoms with E-state index in [1.165, 1.54) is 5.56 Å².